The van der Waals surface area contributed by atoms with Crippen LogP contribution in [0, 0.1) is 0 Å². The first kappa shape index (κ1) is 19.8. The lowest BCUT2D eigenvalue weighted by atomic mass is 10.1. The van der Waals surface area contributed by atoms with Gasteiger partial charge in [-0.15, -0.1) is 0 Å². The first-order valence-electron chi connectivity index (χ1n) is 10.2. The van der Waals surface area contributed by atoms with Gasteiger partial charge in [-0.3, -0.25) is 9.69 Å². The molecule has 2 atom stereocenters. The molecule has 0 bridgehead atoms. The van der Waals surface area contributed by atoms with E-state index >= 15 is 0 Å². The molecule has 2 saturated heterocycles. The molecule has 6 heteroatoms. The van der Waals surface area contributed by atoms with Crippen LogP contribution in [-0.2, 0) is 4.79 Å². The zero-order chi connectivity index (χ0) is 20.4. The Labute approximate surface area is 170 Å². The molecule has 2 aromatic carbocycles. The van der Waals surface area contributed by atoms with Crippen molar-refractivity contribution in [2.24, 2.45) is 0 Å². The molecular weight excluding hydrogens is 372 g/mol. The minimum atomic E-state index is -2.75. The Kier molecular flexibility index (Phi) is 5.54. The third-order valence-electron chi connectivity index (χ3n) is 5.84. The molecule has 1 N–H and O–H groups in total. The number of carbonyl (C=O) groups excluding carboxylic acids is 1. The average Bonchev–Trinajstić information content (AvgIpc) is 3.25. The zero-order valence-corrected chi connectivity index (χ0v) is 16.7. The topological polar surface area (TPSA) is 35.6 Å². The summed E-state index contributed by atoms with van der Waals surface area (Å²) in [6.07, 6.45) is 0.696. The van der Waals surface area contributed by atoms with Crippen LogP contribution in [0.15, 0.2) is 54.6 Å². The number of carbonyl (C=O) groups is 1. The van der Waals surface area contributed by atoms with Crippen LogP contribution in [0.25, 0.3) is 11.1 Å². The van der Waals surface area contributed by atoms with E-state index in [1.807, 2.05) is 18.2 Å². The predicted octanol–water partition coefficient (Wildman–Crippen LogP) is 4.10. The van der Waals surface area contributed by atoms with E-state index in [0.29, 0.717) is 0 Å². The minimum absolute atomic E-state index is 0.192. The van der Waals surface area contributed by atoms with Crippen LogP contribution in [0.3, 0.4) is 0 Å². The van der Waals surface area contributed by atoms with E-state index in [-0.39, 0.29) is 24.9 Å². The van der Waals surface area contributed by atoms with Gasteiger partial charge in [0.15, 0.2) is 0 Å². The van der Waals surface area contributed by atoms with E-state index in [4.69, 9.17) is 0 Å². The van der Waals surface area contributed by atoms with Gasteiger partial charge >= 0.3 is 0 Å². The van der Waals surface area contributed by atoms with Crippen LogP contribution < -0.4 is 5.32 Å². The normalized spacial score (nSPS) is 24.0. The summed E-state index contributed by atoms with van der Waals surface area (Å²) in [7, 11) is 0. The molecule has 4 rings (SSSR count). The SMILES string of the molecule is C[C@@H]1CC(F)(F)CN1C(=O)CN1CC[C@H](Nc2ccc(-c3ccccc3)cc2)C1. The molecule has 2 aliphatic heterocycles. The van der Waals surface area contributed by atoms with Crippen LogP contribution in [0.5, 0.6) is 0 Å². The smallest absolute Gasteiger partial charge is 0.267 e. The third-order valence-corrected chi connectivity index (χ3v) is 5.84. The maximum atomic E-state index is 13.5. The number of benzene rings is 2. The highest BCUT2D eigenvalue weighted by Crippen LogP contribution is 2.32. The fourth-order valence-electron chi connectivity index (χ4n) is 4.35. The Morgan fingerprint density at radius 3 is 2.45 bits per heavy atom. The molecule has 4 nitrogen and oxygen atoms in total. The van der Waals surface area contributed by atoms with Crippen LogP contribution in [0.2, 0.25) is 0 Å². The Morgan fingerprint density at radius 1 is 1.10 bits per heavy atom. The van der Waals surface area contributed by atoms with E-state index in [2.05, 4.69) is 46.6 Å². The van der Waals surface area contributed by atoms with Gasteiger partial charge in [-0.05, 0) is 36.6 Å². The number of nitrogens with zero attached hydrogens (tertiary/aromatic N) is 2. The number of rotatable bonds is 5. The Morgan fingerprint density at radius 2 is 1.79 bits per heavy atom. The maximum Gasteiger partial charge on any atom is 0.267 e. The van der Waals surface area contributed by atoms with Crippen LogP contribution in [-0.4, -0.2) is 59.9 Å². The molecule has 1 amide bonds. The van der Waals surface area contributed by atoms with Gasteiger partial charge in [0.05, 0.1) is 13.1 Å². The summed E-state index contributed by atoms with van der Waals surface area (Å²) in [4.78, 5) is 15.9. The Hall–Kier alpha value is -2.47. The standard InChI is InChI=1S/C23H27F2N3O/c1-17-13-23(24,25)16-28(17)22(29)15-27-12-11-21(14-27)26-20-9-7-19(8-10-20)18-5-3-2-4-6-18/h2-10,17,21,26H,11-16H2,1H3/t17-,21+/m1/s1. The van der Waals surface area contributed by atoms with Crippen LogP contribution >= 0.6 is 0 Å². The fourth-order valence-corrected chi connectivity index (χ4v) is 4.35. The first-order chi connectivity index (χ1) is 13.9. The molecular formula is C23H27F2N3O. The number of nitrogens with one attached hydrogen (secondary N) is 1. The van der Waals surface area contributed by atoms with Crippen molar-refractivity contribution in [1.29, 1.82) is 0 Å². The number of amides is 1. The minimum Gasteiger partial charge on any atom is -0.381 e. The molecule has 2 aliphatic rings. The van der Waals surface area contributed by atoms with Crippen LogP contribution in [0.4, 0.5) is 14.5 Å². The van der Waals surface area contributed by atoms with Crippen molar-refractivity contribution in [2.45, 2.75) is 37.8 Å². The zero-order valence-electron chi connectivity index (χ0n) is 16.7. The number of anilines is 1. The maximum absolute atomic E-state index is 13.5. The van der Waals surface area contributed by atoms with E-state index in [0.717, 1.165) is 25.2 Å². The van der Waals surface area contributed by atoms with Crippen molar-refractivity contribution in [3.8, 4) is 11.1 Å². The van der Waals surface area contributed by atoms with E-state index in [9.17, 15) is 13.6 Å². The van der Waals surface area contributed by atoms with Gasteiger partial charge in [0, 0.05) is 37.3 Å². The number of hydrogen-bond donors (Lipinski definition) is 1. The van der Waals surface area contributed by atoms with Crippen LogP contribution in [0.1, 0.15) is 19.8 Å². The highest BCUT2D eigenvalue weighted by atomic mass is 19.3. The highest BCUT2D eigenvalue weighted by molar-refractivity contribution is 5.79. The molecule has 0 aliphatic carbocycles. The lowest BCUT2D eigenvalue weighted by molar-refractivity contribution is -0.134. The molecule has 0 aromatic heterocycles. The second kappa shape index (κ2) is 8.11. The van der Waals surface area contributed by atoms with Crippen molar-refractivity contribution in [3.05, 3.63) is 54.6 Å². The summed E-state index contributed by atoms with van der Waals surface area (Å²) < 4.78 is 27.1. The quantitative estimate of drug-likeness (QED) is 0.822. The summed E-state index contributed by atoms with van der Waals surface area (Å²) in [5, 5.41) is 3.53. The molecule has 29 heavy (non-hydrogen) atoms. The average molecular weight is 399 g/mol. The molecule has 0 saturated carbocycles. The first-order valence-corrected chi connectivity index (χ1v) is 10.2. The molecule has 2 aromatic rings. The number of halogens is 2. The molecule has 0 radical (unpaired) electrons. The van der Waals surface area contributed by atoms with Crippen molar-refractivity contribution in [3.63, 3.8) is 0 Å². The highest BCUT2D eigenvalue weighted by Gasteiger charge is 2.45. The summed E-state index contributed by atoms with van der Waals surface area (Å²) in [6, 6.07) is 18.4. The lowest BCUT2D eigenvalue weighted by Gasteiger charge is -2.24. The second-order valence-corrected chi connectivity index (χ2v) is 8.24. The molecule has 2 fully saturated rings. The van der Waals surface area contributed by atoms with Gasteiger partial charge in [-0.2, -0.15) is 0 Å². The van der Waals surface area contributed by atoms with Gasteiger partial charge < -0.3 is 10.2 Å². The van der Waals surface area contributed by atoms with Gasteiger partial charge in [0.1, 0.15) is 0 Å². The third kappa shape index (κ3) is 4.75. The number of likely N-dealkylation sites (tertiary alicyclic amines) is 2. The lowest BCUT2D eigenvalue weighted by Crippen LogP contribution is -2.42. The number of alkyl halides is 2. The van der Waals surface area contributed by atoms with E-state index in [1.165, 1.54) is 16.0 Å². The Bertz CT molecular complexity index is 841. The fraction of sp³-hybridized carbons (Fsp3) is 0.435. The second-order valence-electron chi connectivity index (χ2n) is 8.24. The van der Waals surface area contributed by atoms with Crippen molar-refractivity contribution in [2.75, 3.05) is 31.5 Å². The molecule has 0 spiro atoms. The van der Waals surface area contributed by atoms with Gasteiger partial charge in [0.25, 0.3) is 5.92 Å². The molecule has 2 heterocycles. The molecule has 154 valence electrons. The predicted molar refractivity (Wildman–Crippen MR) is 111 cm³/mol. The summed E-state index contributed by atoms with van der Waals surface area (Å²) in [5.41, 5.74) is 3.41. The summed E-state index contributed by atoms with van der Waals surface area (Å²) in [5.74, 6) is -2.95. The van der Waals surface area contributed by atoms with Crippen molar-refractivity contribution >= 4 is 11.6 Å². The van der Waals surface area contributed by atoms with Crippen molar-refractivity contribution in [1.82, 2.24) is 9.80 Å². The monoisotopic (exact) mass is 399 g/mol. The van der Waals surface area contributed by atoms with Crippen molar-refractivity contribution < 1.29 is 13.6 Å². The Balaban J connectivity index is 1.28. The van der Waals surface area contributed by atoms with E-state index in [1.54, 1.807) is 6.92 Å². The van der Waals surface area contributed by atoms with E-state index < -0.39 is 18.5 Å². The number of hydrogen-bond acceptors (Lipinski definition) is 3. The summed E-state index contributed by atoms with van der Waals surface area (Å²) >= 11 is 0. The molecule has 0 unspecified atom stereocenters. The summed E-state index contributed by atoms with van der Waals surface area (Å²) in [6.45, 7) is 3.00. The van der Waals surface area contributed by atoms with Gasteiger partial charge in [-0.1, -0.05) is 42.5 Å². The van der Waals surface area contributed by atoms with Gasteiger partial charge in [0.2, 0.25) is 5.91 Å². The largest absolute Gasteiger partial charge is 0.381 e. The van der Waals surface area contributed by atoms with Gasteiger partial charge in [-0.25, -0.2) is 8.78 Å².